The number of nitrogens with two attached hydrogens (primary N) is 1. The Hall–Kier alpha value is -3.84. The van der Waals surface area contributed by atoms with Crippen LogP contribution < -0.4 is 5.73 Å². The number of aliphatic carboxylic acids is 1. The average molecular weight is 530 g/mol. The van der Waals surface area contributed by atoms with Gasteiger partial charge >= 0.3 is 5.97 Å². The Labute approximate surface area is 228 Å². The van der Waals surface area contributed by atoms with Crippen LogP contribution >= 0.6 is 0 Å². The van der Waals surface area contributed by atoms with E-state index in [1.165, 1.54) is 44.6 Å². The highest BCUT2D eigenvalue weighted by Crippen LogP contribution is 2.39. The molecule has 39 heavy (non-hydrogen) atoms. The molecule has 1 saturated carbocycles. The molecule has 4 rings (SSSR count). The number of carbonyl (C=O) groups excluding carboxylic acids is 1. The van der Waals surface area contributed by atoms with Crippen LogP contribution in [-0.2, 0) is 19.9 Å². The summed E-state index contributed by atoms with van der Waals surface area (Å²) in [5.41, 5.74) is 5.99. The van der Waals surface area contributed by atoms with E-state index in [0.29, 0.717) is 37.5 Å². The predicted octanol–water partition coefficient (Wildman–Crippen LogP) is 5.44. The van der Waals surface area contributed by atoms with Crippen LogP contribution in [0.25, 0.3) is 17.5 Å². The summed E-state index contributed by atoms with van der Waals surface area (Å²) in [5.74, 6) is 0.821. The van der Waals surface area contributed by atoms with E-state index >= 15 is 0 Å². The van der Waals surface area contributed by atoms with Crippen molar-refractivity contribution in [1.82, 2.24) is 9.97 Å². The van der Waals surface area contributed by atoms with Crippen molar-refractivity contribution in [2.45, 2.75) is 50.5 Å². The third-order valence-corrected chi connectivity index (χ3v) is 7.40. The fourth-order valence-electron chi connectivity index (χ4n) is 5.28. The second-order valence-electron chi connectivity index (χ2n) is 10.0. The normalized spacial score (nSPS) is 16.4. The molecule has 8 heteroatoms. The van der Waals surface area contributed by atoms with Crippen molar-refractivity contribution in [3.05, 3.63) is 84.0 Å². The van der Waals surface area contributed by atoms with E-state index in [1.54, 1.807) is 36.7 Å². The third-order valence-electron chi connectivity index (χ3n) is 7.40. The van der Waals surface area contributed by atoms with E-state index in [1.807, 2.05) is 30.2 Å². The maximum absolute atomic E-state index is 12.8. The second kappa shape index (κ2) is 13.8. The number of rotatable bonds is 13. The van der Waals surface area contributed by atoms with Crippen molar-refractivity contribution >= 4 is 18.0 Å². The maximum atomic E-state index is 12.8. The first-order valence-corrected chi connectivity index (χ1v) is 13.5. The van der Waals surface area contributed by atoms with E-state index in [2.05, 4.69) is 9.97 Å². The van der Waals surface area contributed by atoms with Crippen LogP contribution in [0.3, 0.4) is 0 Å². The first-order chi connectivity index (χ1) is 19.0. The van der Waals surface area contributed by atoms with Gasteiger partial charge in [-0.1, -0.05) is 55.7 Å². The Balaban J connectivity index is 1.62. The monoisotopic (exact) mass is 529 g/mol. The molecule has 1 aromatic carbocycles. The van der Waals surface area contributed by atoms with Gasteiger partial charge in [0.2, 0.25) is 5.89 Å². The Morgan fingerprint density at radius 2 is 2.03 bits per heavy atom. The number of allylic oxidation sites excluding steroid dienone is 1. The molecule has 2 atom stereocenters. The molecular weight excluding hydrogens is 494 g/mol. The Morgan fingerprint density at radius 3 is 2.72 bits per heavy atom. The van der Waals surface area contributed by atoms with E-state index < -0.39 is 17.4 Å². The van der Waals surface area contributed by atoms with Gasteiger partial charge in [0.15, 0.2) is 5.54 Å². The van der Waals surface area contributed by atoms with E-state index in [9.17, 15) is 14.7 Å². The quantitative estimate of drug-likeness (QED) is 0.221. The minimum absolute atomic E-state index is 0.0499. The van der Waals surface area contributed by atoms with Gasteiger partial charge in [0, 0.05) is 36.7 Å². The molecule has 1 fully saturated rings. The van der Waals surface area contributed by atoms with Crippen molar-refractivity contribution in [3.8, 4) is 11.5 Å². The van der Waals surface area contributed by atoms with E-state index in [-0.39, 0.29) is 17.0 Å². The molecule has 3 aromatic rings. The number of carboxylic acid groups (broad SMARTS) is 1. The first kappa shape index (κ1) is 28.2. The molecule has 1 aliphatic carbocycles. The number of pyridine rings is 1. The number of nitrogens with zero attached hydrogens (tertiary/aromatic N) is 2. The number of benzene rings is 1. The van der Waals surface area contributed by atoms with Crippen molar-refractivity contribution < 1.29 is 23.8 Å². The molecule has 0 saturated heterocycles. The van der Waals surface area contributed by atoms with E-state index in [4.69, 9.17) is 14.9 Å². The molecular formula is C31H35N3O5. The van der Waals surface area contributed by atoms with Crippen LogP contribution in [-0.4, -0.2) is 40.2 Å². The topological polar surface area (TPSA) is 129 Å². The number of aromatic nitrogens is 2. The van der Waals surface area contributed by atoms with Gasteiger partial charge in [-0.3, -0.25) is 4.98 Å². The highest BCUT2D eigenvalue weighted by atomic mass is 16.5. The molecule has 2 unspecified atom stereocenters. The lowest BCUT2D eigenvalue weighted by molar-refractivity contribution is -0.142. The van der Waals surface area contributed by atoms with Gasteiger partial charge in [-0.25, -0.2) is 14.6 Å². The summed E-state index contributed by atoms with van der Waals surface area (Å²) in [6.07, 6.45) is 16.9. The highest BCUT2D eigenvalue weighted by molar-refractivity contribution is 5.90. The summed E-state index contributed by atoms with van der Waals surface area (Å²) < 4.78 is 11.5. The van der Waals surface area contributed by atoms with Crippen LogP contribution in [0.1, 0.15) is 56.1 Å². The lowest BCUT2D eigenvalue weighted by Gasteiger charge is -2.32. The van der Waals surface area contributed by atoms with Gasteiger partial charge in [-0.2, -0.15) is 0 Å². The number of ether oxygens (including phenoxy) is 1. The zero-order valence-corrected chi connectivity index (χ0v) is 22.0. The molecule has 204 valence electrons. The maximum Gasteiger partial charge on any atom is 0.333 e. The lowest BCUT2D eigenvalue weighted by Crippen LogP contribution is -2.49. The van der Waals surface area contributed by atoms with Crippen LogP contribution in [0, 0.1) is 11.8 Å². The lowest BCUT2D eigenvalue weighted by atomic mass is 9.74. The van der Waals surface area contributed by atoms with Crippen molar-refractivity contribution in [2.24, 2.45) is 17.6 Å². The summed E-state index contributed by atoms with van der Waals surface area (Å²) in [6, 6.07) is 10.4. The van der Waals surface area contributed by atoms with Gasteiger partial charge < -0.3 is 20.0 Å². The third kappa shape index (κ3) is 6.98. The van der Waals surface area contributed by atoms with Gasteiger partial charge in [-0.15, -0.1) is 0 Å². The smallest absolute Gasteiger partial charge is 0.333 e. The molecule has 2 aromatic heterocycles. The van der Waals surface area contributed by atoms with Gasteiger partial charge in [-0.05, 0) is 55.2 Å². The summed E-state index contributed by atoms with van der Waals surface area (Å²) in [6.45, 7) is 1.04. The number of oxazole rings is 1. The summed E-state index contributed by atoms with van der Waals surface area (Å²) in [5, 5.41) is 10.5. The largest absolute Gasteiger partial charge is 0.479 e. The molecule has 0 amide bonds. The van der Waals surface area contributed by atoms with Crippen LogP contribution in [0.2, 0.25) is 0 Å². The fourth-order valence-corrected chi connectivity index (χ4v) is 5.28. The minimum atomic E-state index is -2.15. The molecule has 0 bridgehead atoms. The molecule has 1 aliphatic rings. The zero-order valence-electron chi connectivity index (χ0n) is 22.0. The predicted molar refractivity (Wildman–Crippen MR) is 148 cm³/mol. The minimum Gasteiger partial charge on any atom is -0.479 e. The molecule has 0 aliphatic heterocycles. The first-order valence-electron chi connectivity index (χ1n) is 13.5. The van der Waals surface area contributed by atoms with E-state index in [0.717, 1.165) is 5.56 Å². The zero-order chi connectivity index (χ0) is 27.5. The SMILES string of the molecule is NC(C(=O)O)(C(=C=O)C(CC=Cc1cccnc1)CCOCC1CCCCC1)c1ccccc1-c1ncco1. The van der Waals surface area contributed by atoms with Crippen molar-refractivity contribution in [1.29, 1.82) is 0 Å². The van der Waals surface area contributed by atoms with Crippen molar-refractivity contribution in [3.63, 3.8) is 0 Å². The number of hydrogen-bond donors (Lipinski definition) is 2. The second-order valence-corrected chi connectivity index (χ2v) is 10.0. The highest BCUT2D eigenvalue weighted by Gasteiger charge is 2.46. The number of carboxylic acids is 1. The molecule has 0 spiro atoms. The molecule has 2 heterocycles. The molecule has 8 nitrogen and oxygen atoms in total. The summed E-state index contributed by atoms with van der Waals surface area (Å²) in [7, 11) is 0. The number of carbonyl (C=O) groups is 1. The van der Waals surface area contributed by atoms with Crippen LogP contribution in [0.5, 0.6) is 0 Å². The Bertz CT molecular complexity index is 1280. The fraction of sp³-hybridized carbons (Fsp3) is 0.387. The molecule has 3 N–H and O–H groups in total. The Kier molecular flexibility index (Phi) is 9.97. The molecule has 0 radical (unpaired) electrons. The van der Waals surface area contributed by atoms with Crippen LogP contribution in [0.4, 0.5) is 0 Å². The van der Waals surface area contributed by atoms with Crippen molar-refractivity contribution in [2.75, 3.05) is 13.2 Å². The van der Waals surface area contributed by atoms with Gasteiger partial charge in [0.1, 0.15) is 12.2 Å². The van der Waals surface area contributed by atoms with Gasteiger partial charge in [0.05, 0.1) is 11.8 Å². The standard InChI is InChI=1S/C31H35N3O5/c32-31(30(36)37,27-14-5-4-13-26(27)29-34-17-19-39-29)28(21-35)25(12-6-10-23-11-7-16-33-20-23)15-18-38-22-24-8-2-1-3-9-24/h4-7,10-11,13-14,16-17,19-20,24-25H,1-3,8-9,12,15,18,22,32H2,(H,36,37). The average Bonchev–Trinajstić information content (AvgIpc) is 3.51. The Morgan fingerprint density at radius 1 is 1.21 bits per heavy atom. The number of hydrogen-bond acceptors (Lipinski definition) is 7. The summed E-state index contributed by atoms with van der Waals surface area (Å²) >= 11 is 0. The summed E-state index contributed by atoms with van der Waals surface area (Å²) in [4.78, 5) is 33.7. The van der Waals surface area contributed by atoms with Crippen LogP contribution in [0.15, 0.2) is 77.3 Å². The van der Waals surface area contributed by atoms with Gasteiger partial charge in [0.25, 0.3) is 0 Å².